The van der Waals surface area contributed by atoms with Crippen molar-refractivity contribution in [1.82, 2.24) is 20.1 Å². The van der Waals surface area contributed by atoms with Crippen molar-refractivity contribution in [3.8, 4) is 17.2 Å². The van der Waals surface area contributed by atoms with Crippen LogP contribution in [0.25, 0.3) is 0 Å². The first-order valence-electron chi connectivity index (χ1n) is 11.8. The molecule has 0 aliphatic carbocycles. The fourth-order valence-electron chi connectivity index (χ4n) is 4.09. The fraction of sp³-hybridized carbons (Fsp3) is 0.480. The average molecular weight is 546 g/mol. The number of anilines is 1. The number of rotatable bonds is 7. The van der Waals surface area contributed by atoms with E-state index in [0.29, 0.717) is 46.7 Å². The van der Waals surface area contributed by atoms with Crippen molar-refractivity contribution in [3.05, 3.63) is 38.8 Å². The Morgan fingerprint density at radius 3 is 2.32 bits per heavy atom. The largest absolute Gasteiger partial charge is 0.493 e. The van der Waals surface area contributed by atoms with Gasteiger partial charge in [-0.3, -0.25) is 14.9 Å². The van der Waals surface area contributed by atoms with Crippen LogP contribution in [-0.2, 0) is 5.41 Å². The zero-order valence-corrected chi connectivity index (χ0v) is 23.4. The minimum absolute atomic E-state index is 0.123. The molecule has 3 aromatic rings. The maximum absolute atomic E-state index is 13.3. The minimum atomic E-state index is -0.299. The summed E-state index contributed by atoms with van der Waals surface area (Å²) in [6.45, 7) is 7.30. The molecule has 1 aliphatic rings. The van der Waals surface area contributed by atoms with E-state index in [2.05, 4.69) is 41.3 Å². The van der Waals surface area contributed by atoms with Crippen molar-refractivity contribution in [1.29, 1.82) is 0 Å². The maximum Gasteiger partial charge on any atom is 0.276 e. The predicted octanol–water partition coefficient (Wildman–Crippen LogP) is 4.59. The van der Waals surface area contributed by atoms with Gasteiger partial charge in [0, 0.05) is 29.8 Å². The van der Waals surface area contributed by atoms with E-state index in [1.54, 1.807) is 17.5 Å². The quantitative estimate of drug-likeness (QED) is 0.458. The molecule has 0 spiro atoms. The number of carbonyl (C=O) groups excluding carboxylic acids is 2. The molecular formula is C25H31N5O5S2. The zero-order chi connectivity index (χ0) is 26.7. The lowest BCUT2D eigenvalue weighted by Gasteiger charge is -2.31. The molecule has 2 aromatic heterocycles. The van der Waals surface area contributed by atoms with Gasteiger partial charge in [-0.05, 0) is 25.0 Å². The molecule has 2 amide bonds. The van der Waals surface area contributed by atoms with Gasteiger partial charge in [0.15, 0.2) is 11.5 Å². The normalized spacial score (nSPS) is 14.4. The van der Waals surface area contributed by atoms with Crippen LogP contribution in [0, 0.1) is 0 Å². The second-order valence-electron chi connectivity index (χ2n) is 9.64. The van der Waals surface area contributed by atoms with Crippen molar-refractivity contribution in [2.75, 3.05) is 39.7 Å². The van der Waals surface area contributed by atoms with Gasteiger partial charge in [-0.15, -0.1) is 21.5 Å². The number of thiazole rings is 1. The molecule has 10 nitrogen and oxygen atoms in total. The first-order chi connectivity index (χ1) is 17.7. The highest BCUT2D eigenvalue weighted by Crippen LogP contribution is 2.41. The number of likely N-dealkylation sites (tertiary alicyclic amines) is 1. The van der Waals surface area contributed by atoms with E-state index < -0.39 is 0 Å². The molecule has 1 saturated heterocycles. The molecule has 12 heteroatoms. The lowest BCUT2D eigenvalue weighted by atomic mass is 9.97. The summed E-state index contributed by atoms with van der Waals surface area (Å²) in [6.07, 6.45) is 1.50. The Hall–Kier alpha value is -3.25. The van der Waals surface area contributed by atoms with Crippen molar-refractivity contribution in [3.63, 3.8) is 0 Å². The number of piperidine rings is 1. The SMILES string of the molecule is COc1ccc(C(=O)N2CCC(c3nc(C(=O)Nc4nnc(C(C)(C)C)s4)cs3)CC2)c(OC)c1OC. The molecular weight excluding hydrogens is 514 g/mol. The van der Waals surface area contributed by atoms with Crippen LogP contribution in [-0.4, -0.2) is 66.3 Å². The van der Waals surface area contributed by atoms with E-state index in [1.165, 1.54) is 44.0 Å². The van der Waals surface area contributed by atoms with Crippen LogP contribution in [0.4, 0.5) is 5.13 Å². The van der Waals surface area contributed by atoms with Crippen LogP contribution < -0.4 is 19.5 Å². The fourth-order valence-corrected chi connectivity index (χ4v) is 5.85. The third kappa shape index (κ3) is 5.69. The van der Waals surface area contributed by atoms with Gasteiger partial charge in [0.25, 0.3) is 11.8 Å². The van der Waals surface area contributed by atoms with Crippen LogP contribution in [0.2, 0.25) is 0 Å². The number of carbonyl (C=O) groups is 2. The molecule has 4 rings (SSSR count). The van der Waals surface area contributed by atoms with E-state index in [9.17, 15) is 9.59 Å². The zero-order valence-electron chi connectivity index (χ0n) is 21.8. The molecule has 37 heavy (non-hydrogen) atoms. The Bertz CT molecular complexity index is 1270. The Kier molecular flexibility index (Phi) is 7.98. The van der Waals surface area contributed by atoms with Crippen molar-refractivity contribution in [2.24, 2.45) is 0 Å². The highest BCUT2D eigenvalue weighted by Gasteiger charge is 2.30. The van der Waals surface area contributed by atoms with Gasteiger partial charge in [-0.1, -0.05) is 32.1 Å². The summed E-state index contributed by atoms with van der Waals surface area (Å²) in [4.78, 5) is 32.4. The van der Waals surface area contributed by atoms with Gasteiger partial charge in [0.1, 0.15) is 10.7 Å². The molecule has 0 unspecified atom stereocenters. The molecule has 0 radical (unpaired) electrons. The van der Waals surface area contributed by atoms with E-state index >= 15 is 0 Å². The van der Waals surface area contributed by atoms with Gasteiger partial charge in [0.2, 0.25) is 10.9 Å². The van der Waals surface area contributed by atoms with Crippen molar-refractivity contribution >= 4 is 39.6 Å². The summed E-state index contributed by atoms with van der Waals surface area (Å²) in [5.41, 5.74) is 0.661. The third-order valence-corrected chi connectivity index (χ3v) is 8.38. The highest BCUT2D eigenvalue weighted by molar-refractivity contribution is 7.15. The van der Waals surface area contributed by atoms with Gasteiger partial charge >= 0.3 is 0 Å². The Morgan fingerprint density at radius 1 is 1.03 bits per heavy atom. The monoisotopic (exact) mass is 545 g/mol. The van der Waals surface area contributed by atoms with Crippen molar-refractivity contribution < 1.29 is 23.8 Å². The first kappa shape index (κ1) is 26.8. The van der Waals surface area contributed by atoms with E-state index in [0.717, 1.165) is 22.9 Å². The van der Waals surface area contributed by atoms with Gasteiger partial charge < -0.3 is 19.1 Å². The van der Waals surface area contributed by atoms with Crippen LogP contribution >= 0.6 is 22.7 Å². The topological polar surface area (TPSA) is 116 Å². The molecule has 0 bridgehead atoms. The molecule has 3 heterocycles. The predicted molar refractivity (Wildman–Crippen MR) is 143 cm³/mol. The molecule has 1 N–H and O–H groups in total. The lowest BCUT2D eigenvalue weighted by molar-refractivity contribution is 0.0708. The summed E-state index contributed by atoms with van der Waals surface area (Å²) >= 11 is 2.83. The van der Waals surface area contributed by atoms with Crippen LogP contribution in [0.3, 0.4) is 0 Å². The molecule has 0 saturated carbocycles. The first-order valence-corrected chi connectivity index (χ1v) is 13.5. The molecule has 1 fully saturated rings. The smallest absolute Gasteiger partial charge is 0.276 e. The summed E-state index contributed by atoms with van der Waals surface area (Å²) < 4.78 is 16.2. The van der Waals surface area contributed by atoms with Crippen molar-refractivity contribution in [2.45, 2.75) is 44.9 Å². The number of hydrogen-bond acceptors (Lipinski definition) is 10. The average Bonchev–Trinajstić information content (AvgIpc) is 3.57. The summed E-state index contributed by atoms with van der Waals surface area (Å²) in [5.74, 6) is 1.00. The summed E-state index contributed by atoms with van der Waals surface area (Å²) in [6, 6.07) is 3.40. The van der Waals surface area contributed by atoms with Gasteiger partial charge in [-0.25, -0.2) is 4.98 Å². The minimum Gasteiger partial charge on any atom is -0.493 e. The third-order valence-electron chi connectivity index (χ3n) is 6.11. The number of benzene rings is 1. The van der Waals surface area contributed by atoms with Gasteiger partial charge in [0.05, 0.1) is 31.9 Å². The number of amides is 2. The van der Waals surface area contributed by atoms with E-state index in [1.807, 2.05) is 4.90 Å². The molecule has 1 aromatic carbocycles. The lowest BCUT2D eigenvalue weighted by Crippen LogP contribution is -2.38. The summed E-state index contributed by atoms with van der Waals surface area (Å²) in [5, 5.41) is 15.0. The van der Waals surface area contributed by atoms with Crippen LogP contribution in [0.15, 0.2) is 17.5 Å². The van der Waals surface area contributed by atoms with E-state index in [-0.39, 0.29) is 23.1 Å². The number of ether oxygens (including phenoxy) is 3. The number of methoxy groups -OCH3 is 3. The number of nitrogens with zero attached hydrogens (tertiary/aromatic N) is 4. The number of aromatic nitrogens is 3. The van der Waals surface area contributed by atoms with Crippen LogP contribution in [0.5, 0.6) is 17.2 Å². The summed E-state index contributed by atoms with van der Waals surface area (Å²) in [7, 11) is 4.56. The van der Waals surface area contributed by atoms with E-state index in [4.69, 9.17) is 14.2 Å². The van der Waals surface area contributed by atoms with Gasteiger partial charge in [-0.2, -0.15) is 0 Å². The highest BCUT2D eigenvalue weighted by atomic mass is 32.1. The second kappa shape index (κ2) is 11.0. The Morgan fingerprint density at radius 2 is 1.73 bits per heavy atom. The number of hydrogen-bond donors (Lipinski definition) is 1. The van der Waals surface area contributed by atoms with Crippen LogP contribution in [0.1, 0.15) is 70.4 Å². The standard InChI is InChI=1S/C25H31N5O5S2/c1-25(2,3)23-28-29-24(37-23)27-20(31)16-13-36-21(26-16)14-9-11-30(12-10-14)22(32)15-7-8-17(33-4)19(35-6)18(15)34-5/h7-8,13-14H,9-12H2,1-6H3,(H,27,29,31). The maximum atomic E-state index is 13.3. The molecule has 1 aliphatic heterocycles. The Balaban J connectivity index is 1.38. The Labute approximate surface area is 224 Å². The number of nitrogens with one attached hydrogen (secondary N) is 1. The molecule has 198 valence electrons. The molecule has 0 atom stereocenters. The second-order valence-corrected chi connectivity index (χ2v) is 11.5.